The SMILES string of the molecule is CC(C)C(N)CC(=O)NCCCC(=O)NC1CC1. The zero-order valence-electron chi connectivity index (χ0n) is 11.4. The van der Waals surface area contributed by atoms with Gasteiger partial charge in [-0.05, 0) is 25.2 Å². The van der Waals surface area contributed by atoms with Crippen LogP contribution in [0.3, 0.4) is 0 Å². The topological polar surface area (TPSA) is 84.2 Å². The maximum Gasteiger partial charge on any atom is 0.221 e. The summed E-state index contributed by atoms with van der Waals surface area (Å²) in [5.41, 5.74) is 5.81. The lowest BCUT2D eigenvalue weighted by Crippen LogP contribution is -2.35. The Hall–Kier alpha value is -1.10. The number of nitrogens with one attached hydrogen (secondary N) is 2. The Morgan fingerprint density at radius 2 is 1.94 bits per heavy atom. The molecule has 0 aromatic rings. The molecule has 5 heteroatoms. The van der Waals surface area contributed by atoms with Crippen LogP contribution in [-0.4, -0.2) is 30.4 Å². The molecular formula is C13H25N3O2. The lowest BCUT2D eigenvalue weighted by atomic mass is 10.0. The van der Waals surface area contributed by atoms with Crippen LogP contribution in [0.15, 0.2) is 0 Å². The summed E-state index contributed by atoms with van der Waals surface area (Å²) in [5.74, 6) is 0.365. The highest BCUT2D eigenvalue weighted by Gasteiger charge is 2.22. The van der Waals surface area contributed by atoms with Crippen LogP contribution in [0.5, 0.6) is 0 Å². The highest BCUT2D eigenvalue weighted by molar-refractivity contribution is 5.77. The molecule has 18 heavy (non-hydrogen) atoms. The maximum absolute atomic E-state index is 11.5. The molecule has 0 bridgehead atoms. The minimum atomic E-state index is -0.0943. The number of nitrogens with two attached hydrogens (primary N) is 1. The summed E-state index contributed by atoms with van der Waals surface area (Å²) in [6.07, 6.45) is 3.73. The van der Waals surface area contributed by atoms with Crippen LogP contribution < -0.4 is 16.4 Å². The van der Waals surface area contributed by atoms with E-state index in [-0.39, 0.29) is 17.9 Å². The predicted molar refractivity (Wildman–Crippen MR) is 70.8 cm³/mol. The van der Waals surface area contributed by atoms with E-state index in [9.17, 15) is 9.59 Å². The maximum atomic E-state index is 11.5. The average Bonchev–Trinajstić information content (AvgIpc) is 3.08. The van der Waals surface area contributed by atoms with Crippen LogP contribution in [0.2, 0.25) is 0 Å². The first-order valence-electron chi connectivity index (χ1n) is 6.80. The second kappa shape index (κ2) is 7.36. The van der Waals surface area contributed by atoms with Crippen LogP contribution in [0.1, 0.15) is 46.0 Å². The van der Waals surface area contributed by atoms with Crippen molar-refractivity contribution in [2.75, 3.05) is 6.54 Å². The fraction of sp³-hybridized carbons (Fsp3) is 0.846. The summed E-state index contributed by atoms with van der Waals surface area (Å²) < 4.78 is 0. The molecule has 1 saturated carbocycles. The number of hydrogen-bond acceptors (Lipinski definition) is 3. The normalized spacial score (nSPS) is 16.4. The van der Waals surface area contributed by atoms with Crippen LogP contribution in [0.25, 0.3) is 0 Å². The van der Waals surface area contributed by atoms with Crippen molar-refractivity contribution in [1.29, 1.82) is 0 Å². The molecule has 0 spiro atoms. The van der Waals surface area contributed by atoms with Gasteiger partial charge in [-0.25, -0.2) is 0 Å². The summed E-state index contributed by atoms with van der Waals surface area (Å²) in [6, 6.07) is 0.319. The Kier molecular flexibility index (Phi) is 6.12. The van der Waals surface area contributed by atoms with Crippen molar-refractivity contribution in [3.05, 3.63) is 0 Å². The third kappa shape index (κ3) is 6.59. The van der Waals surface area contributed by atoms with Crippen LogP contribution in [0, 0.1) is 5.92 Å². The molecule has 2 amide bonds. The largest absolute Gasteiger partial charge is 0.356 e. The van der Waals surface area contributed by atoms with Gasteiger partial charge in [-0.2, -0.15) is 0 Å². The Labute approximate surface area is 109 Å². The standard InChI is InChI=1S/C13H25N3O2/c1-9(2)11(14)8-13(18)15-7-3-4-12(17)16-10-5-6-10/h9-11H,3-8,14H2,1-2H3,(H,15,18)(H,16,17). The van der Waals surface area contributed by atoms with Crippen LogP contribution >= 0.6 is 0 Å². The Morgan fingerprint density at radius 1 is 1.28 bits per heavy atom. The molecule has 1 fully saturated rings. The Balaban J connectivity index is 1.99. The van der Waals surface area contributed by atoms with Gasteiger partial charge < -0.3 is 16.4 Å². The van der Waals surface area contributed by atoms with E-state index >= 15 is 0 Å². The lowest BCUT2D eigenvalue weighted by Gasteiger charge is -2.14. The first kappa shape index (κ1) is 15.0. The third-order valence-corrected chi connectivity index (χ3v) is 3.12. The molecule has 104 valence electrons. The monoisotopic (exact) mass is 255 g/mol. The van der Waals surface area contributed by atoms with Gasteiger partial charge in [0.1, 0.15) is 0 Å². The number of rotatable bonds is 8. The van der Waals surface area contributed by atoms with E-state index in [2.05, 4.69) is 10.6 Å². The molecule has 1 atom stereocenters. The average molecular weight is 255 g/mol. The molecule has 1 aliphatic carbocycles. The van der Waals surface area contributed by atoms with Crippen LogP contribution in [-0.2, 0) is 9.59 Å². The molecular weight excluding hydrogens is 230 g/mol. The summed E-state index contributed by atoms with van der Waals surface area (Å²) in [4.78, 5) is 22.9. The molecule has 4 N–H and O–H groups in total. The van der Waals surface area contributed by atoms with E-state index in [1.807, 2.05) is 13.8 Å². The molecule has 0 aromatic heterocycles. The van der Waals surface area contributed by atoms with Gasteiger partial charge in [0, 0.05) is 31.5 Å². The molecule has 1 unspecified atom stereocenters. The van der Waals surface area contributed by atoms with Crippen LogP contribution in [0.4, 0.5) is 0 Å². The zero-order chi connectivity index (χ0) is 13.5. The van der Waals surface area contributed by atoms with Crippen molar-refractivity contribution in [3.8, 4) is 0 Å². The van der Waals surface area contributed by atoms with Crippen molar-refractivity contribution >= 4 is 11.8 Å². The van der Waals surface area contributed by atoms with Crippen molar-refractivity contribution < 1.29 is 9.59 Å². The molecule has 1 rings (SSSR count). The van der Waals surface area contributed by atoms with E-state index in [1.165, 1.54) is 0 Å². The van der Waals surface area contributed by atoms with E-state index in [4.69, 9.17) is 5.73 Å². The van der Waals surface area contributed by atoms with Crippen molar-refractivity contribution in [2.45, 2.75) is 58.0 Å². The second-order valence-electron chi connectivity index (χ2n) is 5.41. The zero-order valence-corrected chi connectivity index (χ0v) is 11.4. The minimum Gasteiger partial charge on any atom is -0.356 e. The number of carbonyl (C=O) groups excluding carboxylic acids is 2. The van der Waals surface area contributed by atoms with Gasteiger partial charge in [-0.1, -0.05) is 13.8 Å². The van der Waals surface area contributed by atoms with Gasteiger partial charge in [-0.3, -0.25) is 9.59 Å². The van der Waals surface area contributed by atoms with Gasteiger partial charge in [-0.15, -0.1) is 0 Å². The van der Waals surface area contributed by atoms with Gasteiger partial charge in [0.15, 0.2) is 0 Å². The fourth-order valence-electron chi connectivity index (χ4n) is 1.53. The molecule has 0 aromatic carbocycles. The summed E-state index contributed by atoms with van der Waals surface area (Å²) >= 11 is 0. The highest BCUT2D eigenvalue weighted by atomic mass is 16.2. The highest BCUT2D eigenvalue weighted by Crippen LogP contribution is 2.18. The second-order valence-corrected chi connectivity index (χ2v) is 5.41. The number of hydrogen-bond donors (Lipinski definition) is 3. The Bertz CT molecular complexity index is 288. The van der Waals surface area contributed by atoms with Crippen molar-refractivity contribution in [2.24, 2.45) is 11.7 Å². The molecule has 0 heterocycles. The molecule has 0 saturated heterocycles. The van der Waals surface area contributed by atoms with Crippen molar-refractivity contribution in [1.82, 2.24) is 10.6 Å². The van der Waals surface area contributed by atoms with Gasteiger partial charge in [0.25, 0.3) is 0 Å². The fourth-order valence-corrected chi connectivity index (χ4v) is 1.53. The first-order chi connectivity index (χ1) is 8.49. The van der Waals surface area contributed by atoms with E-state index in [0.29, 0.717) is 37.8 Å². The first-order valence-corrected chi connectivity index (χ1v) is 6.80. The van der Waals surface area contributed by atoms with E-state index in [1.54, 1.807) is 0 Å². The number of amides is 2. The summed E-state index contributed by atoms with van der Waals surface area (Å²) in [5, 5.41) is 5.71. The quantitative estimate of drug-likeness (QED) is 0.553. The van der Waals surface area contributed by atoms with E-state index in [0.717, 1.165) is 12.8 Å². The van der Waals surface area contributed by atoms with Gasteiger partial charge in [0.2, 0.25) is 11.8 Å². The lowest BCUT2D eigenvalue weighted by molar-refractivity contribution is -0.123. The smallest absolute Gasteiger partial charge is 0.221 e. The molecule has 0 aliphatic heterocycles. The molecule has 0 radical (unpaired) electrons. The molecule has 1 aliphatic rings. The van der Waals surface area contributed by atoms with Crippen molar-refractivity contribution in [3.63, 3.8) is 0 Å². The Morgan fingerprint density at radius 3 is 2.50 bits per heavy atom. The summed E-state index contributed by atoms with van der Waals surface area (Å²) in [7, 11) is 0. The number of carbonyl (C=O) groups is 2. The predicted octanol–water partition coefficient (Wildman–Crippen LogP) is 0.535. The van der Waals surface area contributed by atoms with Gasteiger partial charge in [0.05, 0.1) is 0 Å². The van der Waals surface area contributed by atoms with E-state index < -0.39 is 0 Å². The molecule has 5 nitrogen and oxygen atoms in total. The van der Waals surface area contributed by atoms with Gasteiger partial charge >= 0.3 is 0 Å². The third-order valence-electron chi connectivity index (χ3n) is 3.12. The minimum absolute atomic E-state index is 0.0289. The summed E-state index contributed by atoms with van der Waals surface area (Å²) in [6.45, 7) is 4.54.